The molecule has 1 aliphatic heterocycles. The summed E-state index contributed by atoms with van der Waals surface area (Å²) in [5.41, 5.74) is 0.325. The van der Waals surface area contributed by atoms with E-state index in [9.17, 15) is 18.0 Å². The number of hydrogen-bond acceptors (Lipinski definition) is 2. The minimum Gasteiger partial charge on any atom is -0.481 e. The molecule has 0 radical (unpaired) electrons. The van der Waals surface area contributed by atoms with Crippen LogP contribution in [0.15, 0.2) is 0 Å². The van der Waals surface area contributed by atoms with Crippen LogP contribution in [0.1, 0.15) is 44.9 Å². The Morgan fingerprint density at radius 3 is 2.10 bits per heavy atom. The Bertz CT molecular complexity index is 341. The fourth-order valence-electron chi connectivity index (χ4n) is 3.59. The lowest BCUT2D eigenvalue weighted by Crippen LogP contribution is -2.47. The minimum absolute atomic E-state index is 0.325. The number of nitrogens with zero attached hydrogens (tertiary/aromatic N) is 1. The first-order chi connectivity index (χ1) is 9.32. The number of piperidine rings is 1. The molecule has 0 aromatic rings. The summed E-state index contributed by atoms with van der Waals surface area (Å²) in [4.78, 5) is 12.4. The lowest BCUT2D eigenvalue weighted by Gasteiger charge is -2.44. The predicted octanol–water partition coefficient (Wildman–Crippen LogP) is 3.30. The first-order valence-electron chi connectivity index (χ1n) is 7.34. The third-order valence-electron chi connectivity index (χ3n) is 4.96. The molecule has 0 bridgehead atoms. The van der Waals surface area contributed by atoms with E-state index in [1.165, 1.54) is 32.1 Å². The van der Waals surface area contributed by atoms with E-state index in [0.717, 1.165) is 12.8 Å². The van der Waals surface area contributed by atoms with Gasteiger partial charge in [-0.05, 0) is 44.2 Å². The van der Waals surface area contributed by atoms with Crippen LogP contribution in [0.25, 0.3) is 0 Å². The lowest BCUT2D eigenvalue weighted by atomic mass is 9.68. The quantitative estimate of drug-likeness (QED) is 0.868. The van der Waals surface area contributed by atoms with E-state index in [0.29, 0.717) is 18.5 Å². The highest BCUT2D eigenvalue weighted by Crippen LogP contribution is 2.44. The maximum Gasteiger partial charge on any atom is 0.403 e. The van der Waals surface area contributed by atoms with Gasteiger partial charge in [-0.15, -0.1) is 0 Å². The number of halogens is 3. The second-order valence-electron chi connectivity index (χ2n) is 6.29. The number of rotatable bonds is 3. The van der Waals surface area contributed by atoms with Crippen LogP contribution in [0.3, 0.4) is 0 Å². The fraction of sp³-hybridized carbons (Fsp3) is 0.929. The molecule has 2 rings (SSSR count). The Balaban J connectivity index is 1.88. The topological polar surface area (TPSA) is 40.5 Å². The smallest absolute Gasteiger partial charge is 0.403 e. The number of carboxylic acid groups (broad SMARTS) is 1. The van der Waals surface area contributed by atoms with E-state index in [-0.39, 0.29) is 0 Å². The largest absolute Gasteiger partial charge is 0.481 e. The highest BCUT2D eigenvalue weighted by Gasteiger charge is 2.46. The van der Waals surface area contributed by atoms with Gasteiger partial charge in [-0.25, -0.2) is 0 Å². The van der Waals surface area contributed by atoms with Gasteiger partial charge in [0.25, 0.3) is 0 Å². The minimum atomic E-state index is -4.66. The standard InChI is InChI=1S/C14H22F3NO2/c15-14(16,17)11(12(19)20)10-18-8-6-13(7-9-18)4-2-1-3-5-13/h11H,1-10H2,(H,19,20). The van der Waals surface area contributed by atoms with Crippen LogP contribution in [-0.4, -0.2) is 41.8 Å². The molecule has 20 heavy (non-hydrogen) atoms. The monoisotopic (exact) mass is 293 g/mol. The maximum absolute atomic E-state index is 12.7. The van der Waals surface area contributed by atoms with Crippen LogP contribution in [0.5, 0.6) is 0 Å². The van der Waals surface area contributed by atoms with E-state index in [1.807, 2.05) is 0 Å². The molecular formula is C14H22F3NO2. The van der Waals surface area contributed by atoms with Gasteiger partial charge < -0.3 is 10.0 Å². The van der Waals surface area contributed by atoms with Crippen molar-refractivity contribution in [3.05, 3.63) is 0 Å². The molecule has 1 saturated heterocycles. The Morgan fingerprint density at radius 2 is 1.65 bits per heavy atom. The molecule has 1 spiro atoms. The molecule has 1 aliphatic carbocycles. The Labute approximate surface area is 117 Å². The van der Waals surface area contributed by atoms with Gasteiger partial charge in [-0.3, -0.25) is 4.79 Å². The molecule has 0 aromatic heterocycles. The number of carbonyl (C=O) groups is 1. The molecule has 1 saturated carbocycles. The van der Waals surface area contributed by atoms with Gasteiger partial charge in [-0.2, -0.15) is 13.2 Å². The summed E-state index contributed by atoms with van der Waals surface area (Å²) in [7, 11) is 0. The number of aliphatic carboxylic acids is 1. The van der Waals surface area contributed by atoms with Gasteiger partial charge in [0.05, 0.1) is 0 Å². The third kappa shape index (κ3) is 3.65. The van der Waals surface area contributed by atoms with Crippen LogP contribution in [-0.2, 0) is 4.79 Å². The molecule has 6 heteroatoms. The van der Waals surface area contributed by atoms with Gasteiger partial charge >= 0.3 is 12.1 Å². The van der Waals surface area contributed by atoms with Crippen LogP contribution < -0.4 is 0 Å². The summed E-state index contributed by atoms with van der Waals surface area (Å²) in [6.07, 6.45) is 3.24. The van der Waals surface area contributed by atoms with Crippen molar-refractivity contribution >= 4 is 5.97 Å². The molecule has 2 aliphatic rings. The summed E-state index contributed by atoms with van der Waals surface area (Å²) in [5.74, 6) is -4.03. The van der Waals surface area contributed by atoms with Gasteiger partial charge in [0, 0.05) is 6.54 Å². The SMILES string of the molecule is O=C(O)C(CN1CCC2(CCCCC2)CC1)C(F)(F)F. The zero-order chi connectivity index (χ0) is 14.8. The molecule has 1 heterocycles. The predicted molar refractivity (Wildman–Crippen MR) is 68.4 cm³/mol. The van der Waals surface area contributed by atoms with E-state index < -0.39 is 24.6 Å². The van der Waals surface area contributed by atoms with Crippen LogP contribution >= 0.6 is 0 Å². The van der Waals surface area contributed by atoms with Crippen LogP contribution in [0, 0.1) is 11.3 Å². The second-order valence-corrected chi connectivity index (χ2v) is 6.29. The molecule has 1 N–H and O–H groups in total. The van der Waals surface area contributed by atoms with Crippen molar-refractivity contribution in [1.29, 1.82) is 0 Å². The van der Waals surface area contributed by atoms with Crippen molar-refractivity contribution in [3.63, 3.8) is 0 Å². The molecule has 1 unspecified atom stereocenters. The van der Waals surface area contributed by atoms with Gasteiger partial charge in [0.1, 0.15) is 0 Å². The zero-order valence-electron chi connectivity index (χ0n) is 11.6. The lowest BCUT2D eigenvalue weighted by molar-refractivity contribution is -0.197. The van der Waals surface area contributed by atoms with Crippen molar-refractivity contribution in [3.8, 4) is 0 Å². The average Bonchev–Trinajstić information content (AvgIpc) is 2.37. The van der Waals surface area contributed by atoms with E-state index >= 15 is 0 Å². The van der Waals surface area contributed by atoms with Crippen molar-refractivity contribution in [2.75, 3.05) is 19.6 Å². The maximum atomic E-state index is 12.7. The van der Waals surface area contributed by atoms with E-state index in [4.69, 9.17) is 5.11 Å². The van der Waals surface area contributed by atoms with Crippen LogP contribution in [0.4, 0.5) is 13.2 Å². The highest BCUT2D eigenvalue weighted by molar-refractivity contribution is 5.71. The Morgan fingerprint density at radius 1 is 1.10 bits per heavy atom. The molecule has 2 fully saturated rings. The molecule has 3 nitrogen and oxygen atoms in total. The first kappa shape index (κ1) is 15.6. The van der Waals surface area contributed by atoms with E-state index in [2.05, 4.69) is 0 Å². The number of alkyl halides is 3. The molecule has 0 aromatic carbocycles. The van der Waals surface area contributed by atoms with Crippen molar-refractivity contribution in [1.82, 2.24) is 4.90 Å². The fourth-order valence-corrected chi connectivity index (χ4v) is 3.59. The summed E-state index contributed by atoms with van der Waals surface area (Å²) >= 11 is 0. The summed E-state index contributed by atoms with van der Waals surface area (Å²) in [6.45, 7) is 0.786. The van der Waals surface area contributed by atoms with Gasteiger partial charge in [0.15, 0.2) is 5.92 Å². The molecule has 0 amide bonds. The summed E-state index contributed by atoms with van der Waals surface area (Å²) < 4.78 is 38.0. The van der Waals surface area contributed by atoms with Gasteiger partial charge in [-0.1, -0.05) is 19.3 Å². The summed E-state index contributed by atoms with van der Waals surface area (Å²) in [5, 5.41) is 8.74. The van der Waals surface area contributed by atoms with Gasteiger partial charge in [0.2, 0.25) is 0 Å². The first-order valence-corrected chi connectivity index (χ1v) is 7.34. The normalized spacial score (nSPS) is 25.6. The Kier molecular flexibility index (Phi) is 4.62. The Hall–Kier alpha value is -0.780. The molecule has 1 atom stereocenters. The summed E-state index contributed by atoms with van der Waals surface area (Å²) in [6, 6.07) is 0. The van der Waals surface area contributed by atoms with Crippen LogP contribution in [0.2, 0.25) is 0 Å². The number of likely N-dealkylation sites (tertiary alicyclic amines) is 1. The van der Waals surface area contributed by atoms with Crippen molar-refractivity contribution in [2.24, 2.45) is 11.3 Å². The highest BCUT2D eigenvalue weighted by atomic mass is 19.4. The molecule has 116 valence electrons. The number of carboxylic acids is 1. The third-order valence-corrected chi connectivity index (χ3v) is 4.96. The second kappa shape index (κ2) is 5.92. The molecular weight excluding hydrogens is 271 g/mol. The number of hydrogen-bond donors (Lipinski definition) is 1. The zero-order valence-corrected chi connectivity index (χ0v) is 11.6. The average molecular weight is 293 g/mol. The van der Waals surface area contributed by atoms with Crippen molar-refractivity contribution < 1.29 is 23.1 Å². The van der Waals surface area contributed by atoms with Crippen molar-refractivity contribution in [2.45, 2.75) is 51.1 Å². The van der Waals surface area contributed by atoms with E-state index in [1.54, 1.807) is 4.90 Å².